The van der Waals surface area contributed by atoms with Crippen LogP contribution in [0.2, 0.25) is 0 Å². The first-order valence-corrected chi connectivity index (χ1v) is 11.7. The van der Waals surface area contributed by atoms with E-state index in [0.29, 0.717) is 41.8 Å². The lowest BCUT2D eigenvalue weighted by Gasteiger charge is -2.24. The van der Waals surface area contributed by atoms with E-state index in [1.54, 1.807) is 25.4 Å². The lowest BCUT2D eigenvalue weighted by Crippen LogP contribution is -2.28. The number of hydrogen-bond acceptors (Lipinski definition) is 7. The van der Waals surface area contributed by atoms with Gasteiger partial charge in [-0.3, -0.25) is 4.79 Å². The zero-order valence-corrected chi connectivity index (χ0v) is 21.3. The van der Waals surface area contributed by atoms with Crippen molar-refractivity contribution in [2.24, 2.45) is 7.05 Å². The predicted octanol–water partition coefficient (Wildman–Crippen LogP) is 4.46. The maximum Gasteiger partial charge on any atom is 0.283 e. The molecule has 0 aliphatic heterocycles. The fourth-order valence-electron chi connectivity index (χ4n) is 4.08. The molecule has 0 unspecified atom stereocenters. The average molecular weight is 504 g/mol. The highest BCUT2D eigenvalue weighted by Gasteiger charge is 2.18. The number of nitrogens with zero attached hydrogens (tertiary/aromatic N) is 4. The van der Waals surface area contributed by atoms with Crippen molar-refractivity contribution < 1.29 is 13.9 Å². The van der Waals surface area contributed by atoms with Gasteiger partial charge in [0.15, 0.2) is 5.83 Å². The second-order valence-corrected chi connectivity index (χ2v) is 8.52. The van der Waals surface area contributed by atoms with Crippen molar-refractivity contribution in [2.75, 3.05) is 49.8 Å². The van der Waals surface area contributed by atoms with Gasteiger partial charge in [0.05, 0.1) is 29.9 Å². The molecule has 0 aliphatic carbocycles. The van der Waals surface area contributed by atoms with Crippen LogP contribution in [0.5, 0.6) is 5.75 Å². The molecule has 1 amide bonds. The number of carbonyl (C=O) groups is 1. The minimum atomic E-state index is -1.08. The van der Waals surface area contributed by atoms with Crippen LogP contribution in [-0.2, 0) is 11.8 Å². The number of halogens is 1. The Labute approximate surface area is 215 Å². The molecule has 9 nitrogen and oxygen atoms in total. The normalized spacial score (nSPS) is 10.8. The number of benzene rings is 2. The van der Waals surface area contributed by atoms with E-state index in [1.165, 1.54) is 0 Å². The average Bonchev–Trinajstić information content (AvgIpc) is 3.24. The topological polar surface area (TPSA) is 96.3 Å². The number of amides is 1. The molecule has 0 saturated heterocycles. The number of methoxy groups -OCH3 is 1. The van der Waals surface area contributed by atoms with Crippen LogP contribution in [0, 0.1) is 0 Å². The molecule has 4 aromatic rings. The minimum absolute atomic E-state index is 0.340. The maximum absolute atomic E-state index is 13.5. The monoisotopic (exact) mass is 503 g/mol. The summed E-state index contributed by atoms with van der Waals surface area (Å²) in [7, 11) is 7.26. The summed E-state index contributed by atoms with van der Waals surface area (Å²) >= 11 is 0. The third-order valence-electron chi connectivity index (χ3n) is 6.00. The Morgan fingerprint density at radius 3 is 2.73 bits per heavy atom. The number of ether oxygens (including phenoxy) is 1. The zero-order chi connectivity index (χ0) is 26.5. The molecule has 0 aliphatic rings. The highest BCUT2D eigenvalue weighted by atomic mass is 19.1. The molecule has 0 radical (unpaired) electrons. The molecule has 192 valence electrons. The van der Waals surface area contributed by atoms with Crippen molar-refractivity contribution in [2.45, 2.75) is 0 Å². The van der Waals surface area contributed by atoms with E-state index in [4.69, 9.17) is 9.72 Å². The van der Waals surface area contributed by atoms with Crippen LogP contribution in [0.3, 0.4) is 0 Å². The number of fused-ring (bicyclic) bond motifs is 1. The Morgan fingerprint density at radius 1 is 1.22 bits per heavy atom. The quantitative estimate of drug-likeness (QED) is 0.275. The van der Waals surface area contributed by atoms with E-state index in [0.717, 1.165) is 22.2 Å². The molecule has 10 heteroatoms. The van der Waals surface area contributed by atoms with Gasteiger partial charge >= 0.3 is 0 Å². The summed E-state index contributed by atoms with van der Waals surface area (Å²) in [5.74, 6) is -1.16. The van der Waals surface area contributed by atoms with Gasteiger partial charge in [-0.2, -0.15) is 0 Å². The van der Waals surface area contributed by atoms with Crippen molar-refractivity contribution >= 4 is 39.8 Å². The highest BCUT2D eigenvalue weighted by molar-refractivity contribution is 6.04. The van der Waals surface area contributed by atoms with Gasteiger partial charge in [0.2, 0.25) is 5.95 Å². The van der Waals surface area contributed by atoms with Crippen LogP contribution < -0.4 is 25.6 Å². The lowest BCUT2D eigenvalue weighted by molar-refractivity contribution is -0.114. The Bertz CT molecular complexity index is 1450. The first-order valence-electron chi connectivity index (χ1n) is 11.7. The van der Waals surface area contributed by atoms with Gasteiger partial charge in [0, 0.05) is 62.1 Å². The van der Waals surface area contributed by atoms with Crippen LogP contribution >= 0.6 is 0 Å². The number of nitrogens with one attached hydrogen (secondary N) is 3. The second-order valence-electron chi connectivity index (χ2n) is 8.52. The van der Waals surface area contributed by atoms with Gasteiger partial charge in [0.1, 0.15) is 5.75 Å². The van der Waals surface area contributed by atoms with E-state index < -0.39 is 11.7 Å². The summed E-state index contributed by atoms with van der Waals surface area (Å²) in [6.45, 7) is 4.44. The fourth-order valence-corrected chi connectivity index (χ4v) is 4.08. The molecule has 4 rings (SSSR count). The van der Waals surface area contributed by atoms with E-state index in [1.807, 2.05) is 50.4 Å². The number of anilines is 4. The van der Waals surface area contributed by atoms with Crippen molar-refractivity contribution in [3.63, 3.8) is 0 Å². The van der Waals surface area contributed by atoms with Crippen LogP contribution in [-0.4, -0.2) is 54.7 Å². The summed E-state index contributed by atoms with van der Waals surface area (Å²) in [6.07, 6.45) is 3.71. The van der Waals surface area contributed by atoms with Crippen LogP contribution in [0.15, 0.2) is 67.3 Å². The van der Waals surface area contributed by atoms with Crippen molar-refractivity contribution in [3.8, 4) is 17.0 Å². The molecular weight excluding hydrogens is 473 g/mol. The third kappa shape index (κ3) is 5.54. The molecular formula is C27H30FN7O2. The lowest BCUT2D eigenvalue weighted by atomic mass is 10.1. The van der Waals surface area contributed by atoms with Gasteiger partial charge in [-0.1, -0.05) is 24.8 Å². The third-order valence-corrected chi connectivity index (χ3v) is 6.00. The number of carbonyl (C=O) groups excluding carboxylic acids is 1. The Morgan fingerprint density at radius 2 is 2.00 bits per heavy atom. The van der Waals surface area contributed by atoms with Crippen LogP contribution in [0.1, 0.15) is 0 Å². The summed E-state index contributed by atoms with van der Waals surface area (Å²) < 4.78 is 21.2. The molecule has 0 spiro atoms. The van der Waals surface area contributed by atoms with E-state index in [9.17, 15) is 9.18 Å². The van der Waals surface area contributed by atoms with Gasteiger partial charge in [-0.15, -0.1) is 0 Å². The summed E-state index contributed by atoms with van der Waals surface area (Å²) in [5, 5.41) is 9.95. The second kappa shape index (κ2) is 11.1. The maximum atomic E-state index is 13.5. The van der Waals surface area contributed by atoms with Crippen molar-refractivity contribution in [1.82, 2.24) is 19.9 Å². The summed E-state index contributed by atoms with van der Waals surface area (Å²) in [6, 6.07) is 13.4. The first-order chi connectivity index (χ1) is 17.8. The summed E-state index contributed by atoms with van der Waals surface area (Å²) in [5.41, 5.74) is 4.36. The molecule has 2 heterocycles. The molecule has 0 fully saturated rings. The molecule has 2 aromatic carbocycles. The standard InChI is InChI=1S/C27H30FN7O2/c1-17(28)26(36)31-21-14-22(25(37-5)15-24(21)34(3)13-12-29-2)33-27-30-11-10-20(32-27)19-16-35(4)23-9-7-6-8-18(19)23/h6-11,14-16,29H,1,12-13H2,2-5H3,(H,31,36)(H,30,32,33). The van der Waals surface area contributed by atoms with E-state index >= 15 is 0 Å². The Balaban J connectivity index is 1.72. The van der Waals surface area contributed by atoms with Crippen LogP contribution in [0.25, 0.3) is 22.2 Å². The highest BCUT2D eigenvalue weighted by Crippen LogP contribution is 2.38. The minimum Gasteiger partial charge on any atom is -0.494 e. The summed E-state index contributed by atoms with van der Waals surface area (Å²) in [4.78, 5) is 23.2. The predicted molar refractivity (Wildman–Crippen MR) is 146 cm³/mol. The van der Waals surface area contributed by atoms with Gasteiger partial charge in [-0.05, 0) is 25.2 Å². The zero-order valence-electron chi connectivity index (χ0n) is 21.3. The molecule has 0 saturated carbocycles. The van der Waals surface area contributed by atoms with E-state index in [2.05, 4.69) is 44.2 Å². The van der Waals surface area contributed by atoms with Gasteiger partial charge in [0.25, 0.3) is 5.91 Å². The molecule has 0 bridgehead atoms. The van der Waals surface area contributed by atoms with Crippen LogP contribution in [0.4, 0.5) is 27.4 Å². The number of para-hydroxylation sites is 1. The number of rotatable bonds is 10. The fraction of sp³-hybridized carbons (Fsp3) is 0.222. The Kier molecular flexibility index (Phi) is 7.69. The van der Waals surface area contributed by atoms with Crippen molar-refractivity contribution in [3.05, 3.63) is 67.3 Å². The number of hydrogen-bond donors (Lipinski definition) is 3. The number of likely N-dealkylation sites (N-methyl/N-ethyl adjacent to an activating group) is 2. The van der Waals surface area contributed by atoms with Gasteiger partial charge in [-0.25, -0.2) is 14.4 Å². The first kappa shape index (κ1) is 25.6. The van der Waals surface area contributed by atoms with Gasteiger partial charge < -0.3 is 30.2 Å². The molecule has 2 aromatic heterocycles. The van der Waals surface area contributed by atoms with E-state index in [-0.39, 0.29) is 0 Å². The number of aromatic nitrogens is 3. The Hall–Kier alpha value is -4.44. The number of aryl methyl sites for hydroxylation is 1. The smallest absolute Gasteiger partial charge is 0.283 e. The largest absolute Gasteiger partial charge is 0.494 e. The SMILES string of the molecule is C=C(F)C(=O)Nc1cc(Nc2nccc(-c3cn(C)c4ccccc34)n2)c(OC)cc1N(C)CCNC. The molecule has 37 heavy (non-hydrogen) atoms. The van der Waals surface area contributed by atoms with Crippen molar-refractivity contribution in [1.29, 1.82) is 0 Å². The molecule has 3 N–H and O–H groups in total. The molecule has 0 atom stereocenters.